The Bertz CT molecular complexity index is 668. The number of aromatic nitrogens is 2. The van der Waals surface area contributed by atoms with Crippen molar-refractivity contribution in [2.75, 3.05) is 11.1 Å². The number of halogens is 2. The van der Waals surface area contributed by atoms with E-state index < -0.39 is 5.82 Å². The van der Waals surface area contributed by atoms with E-state index in [-0.39, 0.29) is 16.2 Å². The maximum Gasteiger partial charge on any atom is 0.237 e. The average molecular weight is 378 g/mol. The lowest BCUT2D eigenvalue weighted by Crippen LogP contribution is -2.22. The Balaban J connectivity index is 1.96. The molecule has 1 heterocycles. The molecule has 1 aromatic carbocycles. The number of anilines is 1. The Hall–Kier alpha value is -0.830. The molecule has 0 spiro atoms. The second-order valence-corrected chi connectivity index (χ2v) is 8.62. The van der Waals surface area contributed by atoms with E-state index in [4.69, 9.17) is 11.6 Å². The van der Waals surface area contributed by atoms with E-state index in [1.807, 2.05) is 6.92 Å². The highest BCUT2D eigenvalue weighted by Crippen LogP contribution is 2.32. The number of benzene rings is 1. The van der Waals surface area contributed by atoms with Crippen molar-refractivity contribution in [3.8, 4) is 0 Å². The van der Waals surface area contributed by atoms with E-state index in [0.29, 0.717) is 5.69 Å². The number of hydrogen-bond donors (Lipinski definition) is 1. The third kappa shape index (κ3) is 4.84. The standard InChI is InChI=1S/C13H13ClFN3OS3/c1-3-20-12-17-18-13(22-12)21-7(2)11(19)16-10-5-4-8(15)6-9(10)14/h4-7H,3H2,1-2H3,(H,16,19). The van der Waals surface area contributed by atoms with Gasteiger partial charge in [0.1, 0.15) is 5.82 Å². The van der Waals surface area contributed by atoms with Gasteiger partial charge in [-0.2, -0.15) is 0 Å². The predicted molar refractivity (Wildman–Crippen MR) is 91.7 cm³/mol. The summed E-state index contributed by atoms with van der Waals surface area (Å²) < 4.78 is 14.6. The van der Waals surface area contributed by atoms with Crippen LogP contribution in [-0.4, -0.2) is 27.1 Å². The number of rotatable bonds is 6. The minimum Gasteiger partial charge on any atom is -0.324 e. The van der Waals surface area contributed by atoms with Crippen molar-refractivity contribution >= 4 is 58.1 Å². The van der Waals surface area contributed by atoms with Crippen LogP contribution in [0.3, 0.4) is 0 Å². The Labute approximate surface area is 145 Å². The molecule has 0 saturated carbocycles. The summed E-state index contributed by atoms with van der Waals surface area (Å²) in [6.45, 7) is 3.81. The zero-order chi connectivity index (χ0) is 16.1. The highest BCUT2D eigenvalue weighted by Gasteiger charge is 2.18. The fourth-order valence-corrected chi connectivity index (χ4v) is 4.73. The summed E-state index contributed by atoms with van der Waals surface area (Å²) in [5.41, 5.74) is 0.389. The van der Waals surface area contributed by atoms with Crippen molar-refractivity contribution in [1.29, 1.82) is 0 Å². The fraction of sp³-hybridized carbons (Fsp3) is 0.308. The third-order valence-electron chi connectivity index (χ3n) is 2.49. The first-order valence-corrected chi connectivity index (χ1v) is 9.44. The number of thioether (sulfide) groups is 2. The van der Waals surface area contributed by atoms with Crippen LogP contribution in [-0.2, 0) is 4.79 Å². The van der Waals surface area contributed by atoms with Crippen LogP contribution in [0.15, 0.2) is 26.9 Å². The molecule has 0 aliphatic carbocycles. The van der Waals surface area contributed by atoms with Crippen LogP contribution < -0.4 is 5.32 Å². The molecular formula is C13H13ClFN3OS3. The number of carbonyl (C=O) groups excluding carboxylic acids is 1. The lowest BCUT2D eigenvalue weighted by atomic mass is 10.3. The minimum absolute atomic E-state index is 0.170. The van der Waals surface area contributed by atoms with Gasteiger partial charge >= 0.3 is 0 Å². The summed E-state index contributed by atoms with van der Waals surface area (Å²) in [5, 5.41) is 10.6. The molecule has 1 amide bonds. The zero-order valence-corrected chi connectivity index (χ0v) is 15.0. The van der Waals surface area contributed by atoms with E-state index in [1.54, 1.807) is 18.7 Å². The quantitative estimate of drug-likeness (QED) is 0.748. The van der Waals surface area contributed by atoms with Crippen molar-refractivity contribution in [1.82, 2.24) is 10.2 Å². The predicted octanol–water partition coefficient (Wildman–Crippen LogP) is 4.56. The Morgan fingerprint density at radius 2 is 2.18 bits per heavy atom. The van der Waals surface area contributed by atoms with Crippen molar-refractivity contribution in [3.63, 3.8) is 0 Å². The van der Waals surface area contributed by atoms with Crippen LogP contribution in [0.5, 0.6) is 0 Å². The molecule has 0 saturated heterocycles. The smallest absolute Gasteiger partial charge is 0.237 e. The number of hydrogen-bond acceptors (Lipinski definition) is 6. The minimum atomic E-state index is -0.444. The Morgan fingerprint density at radius 3 is 2.86 bits per heavy atom. The van der Waals surface area contributed by atoms with Crippen LogP contribution in [0.25, 0.3) is 0 Å². The van der Waals surface area contributed by atoms with Gasteiger partial charge in [-0.3, -0.25) is 4.79 Å². The van der Waals surface area contributed by atoms with Crippen LogP contribution >= 0.6 is 46.5 Å². The number of amides is 1. The number of nitrogens with zero attached hydrogens (tertiary/aromatic N) is 2. The molecule has 2 aromatic rings. The summed E-state index contributed by atoms with van der Waals surface area (Å²) in [7, 11) is 0. The van der Waals surface area contributed by atoms with Gasteiger partial charge in [-0.15, -0.1) is 10.2 Å². The van der Waals surface area contributed by atoms with Gasteiger partial charge in [0.25, 0.3) is 0 Å². The third-order valence-corrected chi connectivity index (χ3v) is 5.93. The van der Waals surface area contributed by atoms with Crippen LogP contribution in [0.4, 0.5) is 10.1 Å². The van der Waals surface area contributed by atoms with Gasteiger partial charge in [0.05, 0.1) is 16.0 Å². The van der Waals surface area contributed by atoms with Crippen molar-refractivity contribution in [2.24, 2.45) is 0 Å². The van der Waals surface area contributed by atoms with E-state index >= 15 is 0 Å². The topological polar surface area (TPSA) is 54.9 Å². The molecule has 22 heavy (non-hydrogen) atoms. The van der Waals surface area contributed by atoms with E-state index in [1.165, 1.54) is 35.2 Å². The average Bonchev–Trinajstić information content (AvgIpc) is 2.89. The summed E-state index contributed by atoms with van der Waals surface area (Å²) >= 11 is 10.3. The molecule has 4 nitrogen and oxygen atoms in total. The summed E-state index contributed by atoms with van der Waals surface area (Å²) in [6, 6.07) is 3.85. The summed E-state index contributed by atoms with van der Waals surface area (Å²) in [6.07, 6.45) is 0. The van der Waals surface area contributed by atoms with E-state index in [2.05, 4.69) is 15.5 Å². The maximum atomic E-state index is 13.0. The molecule has 0 aliphatic rings. The van der Waals surface area contributed by atoms with Crippen molar-refractivity contribution < 1.29 is 9.18 Å². The van der Waals surface area contributed by atoms with E-state index in [9.17, 15) is 9.18 Å². The van der Waals surface area contributed by atoms with Gasteiger partial charge in [0.15, 0.2) is 8.68 Å². The van der Waals surface area contributed by atoms with Gasteiger partial charge < -0.3 is 5.32 Å². The highest BCUT2D eigenvalue weighted by atomic mass is 35.5. The molecule has 0 aliphatic heterocycles. The van der Waals surface area contributed by atoms with Gasteiger partial charge in [0.2, 0.25) is 5.91 Å². The summed E-state index contributed by atoms with van der Waals surface area (Å²) in [5.74, 6) is 0.261. The maximum absolute atomic E-state index is 13.0. The Morgan fingerprint density at radius 1 is 1.45 bits per heavy atom. The first kappa shape index (κ1) is 17.5. The molecule has 1 N–H and O–H groups in total. The highest BCUT2D eigenvalue weighted by molar-refractivity contribution is 8.03. The largest absolute Gasteiger partial charge is 0.324 e. The van der Waals surface area contributed by atoms with Crippen molar-refractivity contribution in [3.05, 3.63) is 29.0 Å². The number of nitrogens with one attached hydrogen (secondary N) is 1. The fourth-order valence-electron chi connectivity index (χ4n) is 1.46. The van der Waals surface area contributed by atoms with Crippen LogP contribution in [0.2, 0.25) is 5.02 Å². The molecule has 1 unspecified atom stereocenters. The van der Waals surface area contributed by atoms with Gasteiger partial charge in [-0.25, -0.2) is 4.39 Å². The normalized spacial score (nSPS) is 12.2. The molecule has 0 radical (unpaired) electrons. The molecule has 2 rings (SSSR count). The van der Waals surface area contributed by atoms with Gasteiger partial charge in [0, 0.05) is 0 Å². The second kappa shape index (κ2) is 8.14. The second-order valence-electron chi connectivity index (χ2n) is 4.14. The lowest BCUT2D eigenvalue weighted by molar-refractivity contribution is -0.115. The first-order chi connectivity index (χ1) is 10.5. The Kier molecular flexibility index (Phi) is 6.49. The molecule has 9 heteroatoms. The molecule has 0 fully saturated rings. The molecular weight excluding hydrogens is 365 g/mol. The molecule has 118 valence electrons. The molecule has 1 aromatic heterocycles. The SMILES string of the molecule is CCSc1nnc(SC(C)C(=O)Nc2ccc(F)cc2Cl)s1. The van der Waals surface area contributed by atoms with Crippen LogP contribution in [0, 0.1) is 5.82 Å². The molecule has 1 atom stereocenters. The monoisotopic (exact) mass is 377 g/mol. The molecule has 0 bridgehead atoms. The van der Waals surface area contributed by atoms with E-state index in [0.717, 1.165) is 20.5 Å². The number of carbonyl (C=O) groups is 1. The lowest BCUT2D eigenvalue weighted by Gasteiger charge is -2.11. The first-order valence-electron chi connectivity index (χ1n) is 6.38. The van der Waals surface area contributed by atoms with Crippen LogP contribution in [0.1, 0.15) is 13.8 Å². The zero-order valence-electron chi connectivity index (χ0n) is 11.8. The van der Waals surface area contributed by atoms with Gasteiger partial charge in [-0.1, -0.05) is 53.4 Å². The van der Waals surface area contributed by atoms with Gasteiger partial charge in [-0.05, 0) is 30.9 Å². The van der Waals surface area contributed by atoms with Crippen molar-refractivity contribution in [2.45, 2.75) is 27.8 Å². The summed E-state index contributed by atoms with van der Waals surface area (Å²) in [4.78, 5) is 12.2.